The highest BCUT2D eigenvalue weighted by atomic mass is 16.5. The molecule has 0 radical (unpaired) electrons. The fourth-order valence-electron chi connectivity index (χ4n) is 2.30. The first-order valence-corrected chi connectivity index (χ1v) is 7.46. The Bertz CT molecular complexity index is 215. The van der Waals surface area contributed by atoms with Crippen LogP contribution < -0.4 is 5.32 Å². The predicted octanol–water partition coefficient (Wildman–Crippen LogP) is 2.51. The number of hydrogen-bond donors (Lipinski definition) is 1. The average Bonchev–Trinajstić information content (AvgIpc) is 2.26. The Labute approximate surface area is 113 Å². The molecule has 0 bridgehead atoms. The fraction of sp³-hybridized carbons (Fsp3) is 1.00. The van der Waals surface area contributed by atoms with Crippen molar-refractivity contribution in [2.45, 2.75) is 59.1 Å². The molecule has 1 saturated heterocycles. The molecule has 0 saturated carbocycles. The topological polar surface area (TPSA) is 24.5 Å². The van der Waals surface area contributed by atoms with Gasteiger partial charge in [-0.25, -0.2) is 0 Å². The van der Waals surface area contributed by atoms with Crippen LogP contribution in [0.3, 0.4) is 0 Å². The molecule has 0 amide bonds. The normalized spacial score (nSPS) is 19.7. The van der Waals surface area contributed by atoms with Gasteiger partial charge >= 0.3 is 0 Å². The standard InChI is InChI=1S/C15H32N2O/c1-13(2)16-12-14-6-8-17(9-7-14)10-11-18-15(3,4)5/h13-14,16H,6-12H2,1-5H3. The predicted molar refractivity (Wildman–Crippen MR) is 78.0 cm³/mol. The van der Waals surface area contributed by atoms with E-state index in [2.05, 4.69) is 44.8 Å². The summed E-state index contributed by atoms with van der Waals surface area (Å²) in [5.74, 6) is 0.868. The Morgan fingerprint density at radius 2 is 1.83 bits per heavy atom. The van der Waals surface area contributed by atoms with Gasteiger partial charge in [0.1, 0.15) is 0 Å². The van der Waals surface area contributed by atoms with Crippen molar-refractivity contribution in [3.05, 3.63) is 0 Å². The van der Waals surface area contributed by atoms with Crippen LogP contribution >= 0.6 is 0 Å². The molecular formula is C15H32N2O. The molecule has 108 valence electrons. The number of hydrogen-bond acceptors (Lipinski definition) is 3. The molecule has 0 aromatic heterocycles. The summed E-state index contributed by atoms with van der Waals surface area (Å²) in [5, 5.41) is 3.55. The Morgan fingerprint density at radius 1 is 1.22 bits per heavy atom. The van der Waals surface area contributed by atoms with Gasteiger partial charge in [-0.1, -0.05) is 13.8 Å². The molecule has 1 N–H and O–H groups in total. The second kappa shape index (κ2) is 7.46. The fourth-order valence-corrected chi connectivity index (χ4v) is 2.30. The third kappa shape index (κ3) is 7.34. The van der Waals surface area contributed by atoms with Crippen molar-refractivity contribution in [2.24, 2.45) is 5.92 Å². The number of nitrogens with zero attached hydrogens (tertiary/aromatic N) is 1. The summed E-state index contributed by atoms with van der Waals surface area (Å²) < 4.78 is 5.78. The third-order valence-corrected chi connectivity index (χ3v) is 3.46. The molecule has 1 fully saturated rings. The maximum absolute atomic E-state index is 5.78. The van der Waals surface area contributed by atoms with Gasteiger partial charge in [0.15, 0.2) is 0 Å². The van der Waals surface area contributed by atoms with E-state index in [1.165, 1.54) is 32.5 Å². The van der Waals surface area contributed by atoms with E-state index in [0.717, 1.165) is 19.1 Å². The van der Waals surface area contributed by atoms with Crippen molar-refractivity contribution in [2.75, 3.05) is 32.8 Å². The summed E-state index contributed by atoms with van der Waals surface area (Å²) >= 11 is 0. The number of likely N-dealkylation sites (tertiary alicyclic amines) is 1. The zero-order valence-electron chi connectivity index (χ0n) is 13.0. The summed E-state index contributed by atoms with van der Waals surface area (Å²) in [4.78, 5) is 2.54. The van der Waals surface area contributed by atoms with E-state index < -0.39 is 0 Å². The zero-order valence-corrected chi connectivity index (χ0v) is 13.0. The minimum Gasteiger partial charge on any atom is -0.375 e. The van der Waals surface area contributed by atoms with Gasteiger partial charge in [0.2, 0.25) is 0 Å². The van der Waals surface area contributed by atoms with E-state index in [1.807, 2.05) is 0 Å². The molecule has 18 heavy (non-hydrogen) atoms. The van der Waals surface area contributed by atoms with Gasteiger partial charge in [-0.3, -0.25) is 0 Å². The van der Waals surface area contributed by atoms with E-state index in [4.69, 9.17) is 4.74 Å². The number of piperidine rings is 1. The van der Waals surface area contributed by atoms with Crippen LogP contribution in [-0.4, -0.2) is 49.3 Å². The average molecular weight is 256 g/mol. The number of rotatable bonds is 6. The SMILES string of the molecule is CC(C)NCC1CCN(CCOC(C)(C)C)CC1. The minimum absolute atomic E-state index is 0.000490. The molecule has 0 aromatic carbocycles. The minimum atomic E-state index is -0.000490. The smallest absolute Gasteiger partial charge is 0.0600 e. The van der Waals surface area contributed by atoms with Crippen LogP contribution in [0.2, 0.25) is 0 Å². The van der Waals surface area contributed by atoms with Crippen LogP contribution in [0.15, 0.2) is 0 Å². The van der Waals surface area contributed by atoms with Crippen molar-refractivity contribution < 1.29 is 4.74 Å². The van der Waals surface area contributed by atoms with Crippen LogP contribution in [0.5, 0.6) is 0 Å². The first-order valence-electron chi connectivity index (χ1n) is 7.46. The van der Waals surface area contributed by atoms with Gasteiger partial charge < -0.3 is 15.0 Å². The Balaban J connectivity index is 2.08. The van der Waals surface area contributed by atoms with E-state index in [-0.39, 0.29) is 5.60 Å². The van der Waals surface area contributed by atoms with Gasteiger partial charge in [0, 0.05) is 12.6 Å². The lowest BCUT2D eigenvalue weighted by molar-refractivity contribution is -0.0161. The highest BCUT2D eigenvalue weighted by molar-refractivity contribution is 4.74. The highest BCUT2D eigenvalue weighted by Crippen LogP contribution is 2.16. The maximum atomic E-state index is 5.78. The highest BCUT2D eigenvalue weighted by Gasteiger charge is 2.19. The van der Waals surface area contributed by atoms with E-state index in [0.29, 0.717) is 6.04 Å². The third-order valence-electron chi connectivity index (χ3n) is 3.46. The second-order valence-corrected chi connectivity index (χ2v) is 6.81. The summed E-state index contributed by atoms with van der Waals surface area (Å²) in [6.07, 6.45) is 2.66. The quantitative estimate of drug-likeness (QED) is 0.790. The molecule has 0 unspecified atom stereocenters. The van der Waals surface area contributed by atoms with Gasteiger partial charge in [-0.05, 0) is 59.2 Å². The maximum Gasteiger partial charge on any atom is 0.0600 e. The molecule has 0 atom stereocenters. The lowest BCUT2D eigenvalue weighted by Gasteiger charge is -2.33. The van der Waals surface area contributed by atoms with Gasteiger partial charge in [0.05, 0.1) is 12.2 Å². The van der Waals surface area contributed by atoms with Crippen molar-refractivity contribution in [1.29, 1.82) is 0 Å². The molecule has 0 aromatic rings. The molecule has 0 spiro atoms. The Hall–Kier alpha value is -0.120. The summed E-state index contributed by atoms with van der Waals surface area (Å²) in [5.41, 5.74) is -0.000490. The largest absolute Gasteiger partial charge is 0.375 e. The van der Waals surface area contributed by atoms with Crippen molar-refractivity contribution in [3.8, 4) is 0 Å². The molecule has 0 aliphatic carbocycles. The Kier molecular flexibility index (Phi) is 6.61. The van der Waals surface area contributed by atoms with Crippen LogP contribution in [0.4, 0.5) is 0 Å². The lowest BCUT2D eigenvalue weighted by Crippen LogP contribution is -2.40. The van der Waals surface area contributed by atoms with Crippen LogP contribution in [-0.2, 0) is 4.74 Å². The zero-order chi connectivity index (χ0) is 13.6. The first kappa shape index (κ1) is 15.9. The molecule has 1 heterocycles. The number of ether oxygens (including phenoxy) is 1. The Morgan fingerprint density at radius 3 is 2.33 bits per heavy atom. The van der Waals surface area contributed by atoms with Gasteiger partial charge in [-0.15, -0.1) is 0 Å². The molecule has 1 aliphatic rings. The molecule has 3 nitrogen and oxygen atoms in total. The van der Waals surface area contributed by atoms with Crippen LogP contribution in [0.25, 0.3) is 0 Å². The second-order valence-electron chi connectivity index (χ2n) is 6.81. The van der Waals surface area contributed by atoms with E-state index >= 15 is 0 Å². The van der Waals surface area contributed by atoms with Crippen LogP contribution in [0, 0.1) is 5.92 Å². The summed E-state index contributed by atoms with van der Waals surface area (Å²) in [7, 11) is 0. The molecule has 1 aliphatic heterocycles. The molecular weight excluding hydrogens is 224 g/mol. The molecule has 3 heteroatoms. The van der Waals surface area contributed by atoms with Crippen molar-refractivity contribution in [1.82, 2.24) is 10.2 Å². The van der Waals surface area contributed by atoms with Crippen LogP contribution in [0.1, 0.15) is 47.5 Å². The molecule has 1 rings (SSSR count). The van der Waals surface area contributed by atoms with Crippen molar-refractivity contribution >= 4 is 0 Å². The summed E-state index contributed by atoms with van der Waals surface area (Å²) in [6.45, 7) is 16.4. The number of nitrogens with one attached hydrogen (secondary N) is 1. The van der Waals surface area contributed by atoms with Gasteiger partial charge in [-0.2, -0.15) is 0 Å². The monoisotopic (exact) mass is 256 g/mol. The summed E-state index contributed by atoms with van der Waals surface area (Å²) in [6, 6.07) is 0.614. The first-order chi connectivity index (χ1) is 8.37. The lowest BCUT2D eigenvalue weighted by atomic mass is 9.96. The van der Waals surface area contributed by atoms with Gasteiger partial charge in [0.25, 0.3) is 0 Å². The van der Waals surface area contributed by atoms with E-state index in [1.54, 1.807) is 0 Å². The van der Waals surface area contributed by atoms with Crippen molar-refractivity contribution in [3.63, 3.8) is 0 Å². The van der Waals surface area contributed by atoms with E-state index in [9.17, 15) is 0 Å².